The van der Waals surface area contributed by atoms with E-state index >= 15 is 0 Å². The van der Waals surface area contributed by atoms with Gasteiger partial charge in [0.1, 0.15) is 44.7 Å². The number of fused-ring (bicyclic) bond motifs is 63. The molecule has 0 aliphatic heterocycles. The predicted molar refractivity (Wildman–Crippen MR) is 600 cm³/mol. The second-order valence-corrected chi connectivity index (χ2v) is 41.6. The van der Waals surface area contributed by atoms with Crippen LogP contribution in [0.25, 0.3) is 320 Å². The van der Waals surface area contributed by atoms with Crippen LogP contribution in [-0.4, -0.2) is 17.6 Å². The lowest BCUT2D eigenvalue weighted by molar-refractivity contribution is 0.669. The standard InChI is InChI=1S/4C32H17NOS/c1-2-8-19-18(7-1)17-33-30(19)23-14-13-21-20-9-4-6-12-27(20)35-32(21)28(23)24-15-16-26-29(31(24)33)22-10-3-5-11-25(22)34-26;1-2-8-19-18(7-1)17-33-24-15-16-26-28(22-10-3-5-11-25(22)34-26)30(24)29-23(31(19)33)14-13-21-20-9-4-6-12-27(20)35-32(21)29;1-2-8-19-18(7-1)17-33-31(19)22-14-16-27-30(21-10-4-6-12-26(21)35-27)28(22)23-13-15-25-29(32(23)33)20-9-3-5-11-24(20)34-25;1-2-8-19-18(7-1)17-33-25-15-23-20-9-3-5-11-26(20)34-27(23)16-24(25)30-22(32(19)33)13-14-29-31(30)21-10-4-6-12-28(21)35-29/h4*1-17H. The molecule has 0 amide bonds. The van der Waals surface area contributed by atoms with E-state index in [2.05, 4.69) is 406 Å². The maximum Gasteiger partial charge on any atom is 0.137 e. The first-order valence-corrected chi connectivity index (χ1v) is 50.7. The largest absolute Gasteiger partial charge is 0.456 e. The van der Waals surface area contributed by atoms with Crippen molar-refractivity contribution in [2.24, 2.45) is 0 Å². The molecule has 36 aromatic rings. The monoisotopic (exact) mass is 1850 g/mol. The number of para-hydroxylation sites is 4. The Kier molecular flexibility index (Phi) is 15.3. The lowest BCUT2D eigenvalue weighted by atomic mass is 9.97. The molecule has 0 radical (unpaired) electrons. The minimum atomic E-state index is 0.930. The zero-order chi connectivity index (χ0) is 90.7. The molecule has 16 aromatic heterocycles. The van der Waals surface area contributed by atoms with Gasteiger partial charge >= 0.3 is 0 Å². The van der Waals surface area contributed by atoms with E-state index in [0.717, 1.165) is 66.2 Å². The highest BCUT2D eigenvalue weighted by molar-refractivity contribution is 7.28. The van der Waals surface area contributed by atoms with Gasteiger partial charge in [0.15, 0.2) is 0 Å². The smallest absolute Gasteiger partial charge is 0.137 e. The van der Waals surface area contributed by atoms with Crippen LogP contribution in [0, 0.1) is 0 Å². The van der Waals surface area contributed by atoms with Crippen molar-refractivity contribution in [3.05, 3.63) is 413 Å². The second kappa shape index (κ2) is 28.2. The van der Waals surface area contributed by atoms with Gasteiger partial charge in [0.05, 0.1) is 54.9 Å². The van der Waals surface area contributed by atoms with Crippen LogP contribution in [-0.2, 0) is 0 Å². The molecule has 20 aromatic carbocycles. The Hall–Kier alpha value is -17.4. The van der Waals surface area contributed by atoms with E-state index in [4.69, 9.17) is 17.7 Å². The number of hydrogen-bond donors (Lipinski definition) is 0. The zero-order valence-corrected chi connectivity index (χ0v) is 77.6. The quantitative estimate of drug-likeness (QED) is 0.142. The molecule has 12 heteroatoms. The molecule has 0 saturated heterocycles. The summed E-state index contributed by atoms with van der Waals surface area (Å²) in [5.74, 6) is 0. The molecule has 0 bridgehead atoms. The Morgan fingerprint density at radius 2 is 0.457 bits per heavy atom. The van der Waals surface area contributed by atoms with Gasteiger partial charge in [-0.1, -0.05) is 279 Å². The summed E-state index contributed by atoms with van der Waals surface area (Å²) in [5.41, 5.74) is 17.4. The number of benzene rings is 20. The maximum absolute atomic E-state index is 6.35. The van der Waals surface area contributed by atoms with Gasteiger partial charge in [-0.15, -0.1) is 45.3 Å². The normalized spacial score (nSPS) is 12.6. The summed E-state index contributed by atoms with van der Waals surface area (Å²) in [6, 6.07) is 140. The van der Waals surface area contributed by atoms with Crippen LogP contribution >= 0.6 is 45.3 Å². The summed E-state index contributed by atoms with van der Waals surface area (Å²) < 4.78 is 45.6. The van der Waals surface area contributed by atoms with Crippen molar-refractivity contribution < 1.29 is 17.7 Å². The summed E-state index contributed by atoms with van der Waals surface area (Å²) in [5, 5.41) is 45.7. The fourth-order valence-electron chi connectivity index (χ4n) is 24.5. The highest BCUT2D eigenvalue weighted by Crippen LogP contribution is 2.54. The molecule has 0 aliphatic carbocycles. The number of rotatable bonds is 0. The average molecular weight is 1850 g/mol. The van der Waals surface area contributed by atoms with E-state index in [1.165, 1.54) is 254 Å². The first-order valence-electron chi connectivity index (χ1n) is 47.5. The molecule has 0 N–H and O–H groups in total. The summed E-state index contributed by atoms with van der Waals surface area (Å²) >= 11 is 7.55. The Labute approximate surface area is 807 Å². The minimum absolute atomic E-state index is 0.930. The van der Waals surface area contributed by atoms with Crippen molar-refractivity contribution in [3.63, 3.8) is 0 Å². The van der Waals surface area contributed by atoms with E-state index in [0.29, 0.717) is 0 Å². The minimum Gasteiger partial charge on any atom is -0.456 e. The van der Waals surface area contributed by atoms with Crippen LogP contribution in [0.1, 0.15) is 0 Å². The van der Waals surface area contributed by atoms with E-state index in [-0.39, 0.29) is 0 Å². The molecule has 140 heavy (non-hydrogen) atoms. The average Bonchev–Trinajstić information content (AvgIpc) is 1.51. The van der Waals surface area contributed by atoms with Gasteiger partial charge < -0.3 is 35.3 Å². The number of pyridine rings is 4. The third-order valence-corrected chi connectivity index (χ3v) is 34.9. The SMILES string of the molecule is c1ccc2c(c1)cn1c2c2ccc3c4ccccc4sc3c2c2ccc3oc4ccccc4c3c21.c1ccc2c(c1)cn1c2c2ccc3sc4ccccc4c3c2c2ccc3oc4ccccc4c3c21.c1ccc2c(c1)cn1c3cc4c(cc3c3c(ccc5sc6ccccc6c53)c21)oc1ccccc14.c1ccc2c(c1)cn1c3ccc4oc5ccccc5c4c3c3c(ccc4c5ccccc5sc43)c21. The summed E-state index contributed by atoms with van der Waals surface area (Å²) in [6.07, 6.45) is 9.17. The van der Waals surface area contributed by atoms with Gasteiger partial charge in [0.25, 0.3) is 0 Å². The molecule has 0 atom stereocenters. The number of aromatic nitrogens is 4. The molecule has 0 unspecified atom stereocenters. The lowest BCUT2D eigenvalue weighted by Gasteiger charge is -2.12. The third-order valence-electron chi connectivity index (χ3n) is 30.2. The highest BCUT2D eigenvalue weighted by atomic mass is 32.1. The van der Waals surface area contributed by atoms with Gasteiger partial charge in [-0.3, -0.25) is 0 Å². The molecule has 0 saturated carbocycles. The van der Waals surface area contributed by atoms with E-state index in [9.17, 15) is 0 Å². The van der Waals surface area contributed by atoms with Gasteiger partial charge in [0, 0.05) is 246 Å². The Morgan fingerprint density at radius 1 is 0.143 bits per heavy atom. The molecule has 0 fully saturated rings. The van der Waals surface area contributed by atoms with E-state index in [1.54, 1.807) is 0 Å². The summed E-state index contributed by atoms with van der Waals surface area (Å²) in [7, 11) is 0. The Balaban J connectivity index is 0.0000000829. The number of thiophene rings is 4. The molecule has 0 spiro atoms. The topological polar surface area (TPSA) is 70.2 Å². The fraction of sp³-hybridized carbons (Fsp3) is 0. The highest BCUT2D eigenvalue weighted by Gasteiger charge is 2.28. The third kappa shape index (κ3) is 10.3. The van der Waals surface area contributed by atoms with Crippen molar-refractivity contribution in [2.45, 2.75) is 0 Å². The molecule has 16 heterocycles. The molecular weight excluding hydrogens is 1790 g/mol. The van der Waals surface area contributed by atoms with E-state index < -0.39 is 0 Å². The van der Waals surface area contributed by atoms with Gasteiger partial charge in [-0.25, -0.2) is 0 Å². The van der Waals surface area contributed by atoms with Gasteiger partial charge in [-0.2, -0.15) is 0 Å². The molecular formula is C128H68N4O4S4. The van der Waals surface area contributed by atoms with Crippen molar-refractivity contribution in [1.82, 2.24) is 17.6 Å². The lowest BCUT2D eigenvalue weighted by Crippen LogP contribution is -1.91. The van der Waals surface area contributed by atoms with Gasteiger partial charge in [0.2, 0.25) is 0 Å². The number of nitrogens with zero attached hydrogens (tertiary/aromatic N) is 4. The van der Waals surface area contributed by atoms with Crippen LogP contribution in [0.3, 0.4) is 0 Å². The molecule has 0 aliphatic rings. The predicted octanol–water partition coefficient (Wildman–Crippen LogP) is 38.7. The molecule has 8 nitrogen and oxygen atoms in total. The van der Waals surface area contributed by atoms with Crippen molar-refractivity contribution >= 4 is 366 Å². The van der Waals surface area contributed by atoms with Crippen LogP contribution in [0.5, 0.6) is 0 Å². The Bertz CT molecular complexity index is 12000. The Morgan fingerprint density at radius 3 is 0.950 bits per heavy atom. The number of hydrogen-bond acceptors (Lipinski definition) is 8. The van der Waals surface area contributed by atoms with Crippen LogP contribution in [0.2, 0.25) is 0 Å². The second-order valence-electron chi connectivity index (χ2n) is 37.3. The van der Waals surface area contributed by atoms with Crippen molar-refractivity contribution in [1.29, 1.82) is 0 Å². The summed E-state index contributed by atoms with van der Waals surface area (Å²) in [4.78, 5) is 0. The zero-order valence-electron chi connectivity index (χ0n) is 74.3. The van der Waals surface area contributed by atoms with Crippen LogP contribution in [0.15, 0.2) is 431 Å². The van der Waals surface area contributed by atoms with Crippen molar-refractivity contribution in [3.8, 4) is 0 Å². The van der Waals surface area contributed by atoms with Crippen LogP contribution < -0.4 is 0 Å². The number of furan rings is 4. The summed E-state index contributed by atoms with van der Waals surface area (Å²) in [6.45, 7) is 0. The van der Waals surface area contributed by atoms with Crippen molar-refractivity contribution in [2.75, 3.05) is 0 Å². The molecule has 648 valence electrons. The fourth-order valence-corrected chi connectivity index (χ4v) is 29.2. The first-order chi connectivity index (χ1) is 69.4. The van der Waals surface area contributed by atoms with Crippen LogP contribution in [0.4, 0.5) is 0 Å². The first kappa shape index (κ1) is 75.9. The molecule has 36 rings (SSSR count). The maximum atomic E-state index is 6.35. The van der Waals surface area contributed by atoms with Gasteiger partial charge in [-0.05, 0) is 109 Å². The van der Waals surface area contributed by atoms with E-state index in [1.807, 2.05) is 69.6 Å².